The Hall–Kier alpha value is -1.21. The topological polar surface area (TPSA) is 42.1 Å². The van der Waals surface area contributed by atoms with Gasteiger partial charge in [0.15, 0.2) is 0 Å². The third-order valence-corrected chi connectivity index (χ3v) is 3.12. The zero-order valence-corrected chi connectivity index (χ0v) is 11.0. The van der Waals surface area contributed by atoms with E-state index in [0.717, 1.165) is 18.4 Å². The van der Waals surface area contributed by atoms with Crippen molar-refractivity contribution in [3.63, 3.8) is 0 Å². The molecule has 2 rings (SSSR count). The normalized spacial score (nSPS) is 15.8. The van der Waals surface area contributed by atoms with Gasteiger partial charge in [0.05, 0.1) is 12.2 Å². The summed E-state index contributed by atoms with van der Waals surface area (Å²) in [6, 6.07) is 3.37. The van der Waals surface area contributed by atoms with Crippen LogP contribution >= 0.6 is 12.2 Å². The summed E-state index contributed by atoms with van der Waals surface area (Å²) in [4.78, 5) is 5.57. The highest BCUT2D eigenvalue weighted by Crippen LogP contribution is 2.31. The van der Waals surface area contributed by atoms with Gasteiger partial charge in [-0.25, -0.2) is 0 Å². The second-order valence-electron chi connectivity index (χ2n) is 4.66. The first-order valence-electron chi connectivity index (χ1n) is 5.91. The van der Waals surface area contributed by atoms with E-state index in [-0.39, 0.29) is 17.6 Å². The molecule has 19 heavy (non-hydrogen) atoms. The van der Waals surface area contributed by atoms with E-state index in [4.69, 9.17) is 18.0 Å². The number of nitrogens with two attached hydrogens (primary N) is 1. The maximum atomic E-state index is 12.5. The number of rotatable bonds is 5. The summed E-state index contributed by atoms with van der Waals surface area (Å²) in [6.07, 6.45) is -1.02. The maximum Gasteiger partial charge on any atom is 0.401 e. The van der Waals surface area contributed by atoms with Crippen LogP contribution in [0.15, 0.2) is 18.3 Å². The molecule has 1 saturated carbocycles. The smallest absolute Gasteiger partial charge is 0.388 e. The van der Waals surface area contributed by atoms with Gasteiger partial charge in [-0.05, 0) is 30.5 Å². The number of alkyl halides is 3. The average Bonchev–Trinajstić information content (AvgIpc) is 3.10. The predicted octanol–water partition coefficient (Wildman–Crippen LogP) is 2.24. The average molecular weight is 289 g/mol. The molecule has 0 amide bonds. The molecule has 1 aliphatic carbocycles. The van der Waals surface area contributed by atoms with Crippen molar-refractivity contribution in [1.29, 1.82) is 0 Å². The number of halogens is 3. The van der Waals surface area contributed by atoms with Gasteiger partial charge in [0.2, 0.25) is 0 Å². The molecule has 1 fully saturated rings. The Labute approximate surface area is 114 Å². The fraction of sp³-hybridized carbons (Fsp3) is 0.500. The van der Waals surface area contributed by atoms with E-state index in [0.29, 0.717) is 5.69 Å². The van der Waals surface area contributed by atoms with E-state index in [1.807, 2.05) is 0 Å². The third-order valence-electron chi connectivity index (χ3n) is 2.91. The summed E-state index contributed by atoms with van der Waals surface area (Å²) < 4.78 is 37.5. The fourth-order valence-electron chi connectivity index (χ4n) is 1.93. The standard InChI is InChI=1S/C12H14F3N3S/c13-12(14,15)7-18(9-1-2-9)6-8-3-4-17-10(5-8)11(16)19/h3-5,9H,1-2,6-7H2,(H2,16,19). The fourth-order valence-corrected chi connectivity index (χ4v) is 2.04. The van der Waals surface area contributed by atoms with Gasteiger partial charge in [-0.3, -0.25) is 9.88 Å². The lowest BCUT2D eigenvalue weighted by molar-refractivity contribution is -0.148. The molecule has 0 radical (unpaired) electrons. The van der Waals surface area contributed by atoms with Crippen LogP contribution in [-0.4, -0.2) is 33.6 Å². The molecule has 2 N–H and O–H groups in total. The SMILES string of the molecule is NC(=S)c1cc(CN(CC(F)(F)F)C2CC2)ccn1. The van der Waals surface area contributed by atoms with Crippen LogP contribution in [-0.2, 0) is 6.54 Å². The third kappa shape index (κ3) is 4.43. The summed E-state index contributed by atoms with van der Waals surface area (Å²) in [6.45, 7) is -0.648. The number of aromatic nitrogens is 1. The molecule has 1 heterocycles. The molecule has 0 aliphatic heterocycles. The van der Waals surface area contributed by atoms with E-state index >= 15 is 0 Å². The van der Waals surface area contributed by atoms with Crippen LogP contribution in [0.5, 0.6) is 0 Å². The van der Waals surface area contributed by atoms with Gasteiger partial charge in [0, 0.05) is 18.8 Å². The van der Waals surface area contributed by atoms with E-state index in [2.05, 4.69) is 4.98 Å². The van der Waals surface area contributed by atoms with Crippen LogP contribution in [0.2, 0.25) is 0 Å². The molecule has 0 unspecified atom stereocenters. The van der Waals surface area contributed by atoms with E-state index in [1.54, 1.807) is 12.1 Å². The minimum Gasteiger partial charge on any atom is -0.388 e. The largest absolute Gasteiger partial charge is 0.401 e. The first-order valence-corrected chi connectivity index (χ1v) is 6.31. The summed E-state index contributed by atoms with van der Waals surface area (Å²) in [5, 5.41) is 0. The summed E-state index contributed by atoms with van der Waals surface area (Å²) in [5.41, 5.74) is 6.65. The van der Waals surface area contributed by atoms with Crippen molar-refractivity contribution in [2.75, 3.05) is 6.54 Å². The van der Waals surface area contributed by atoms with Crippen LogP contribution < -0.4 is 5.73 Å². The summed E-state index contributed by atoms with van der Waals surface area (Å²) in [7, 11) is 0. The molecule has 1 aliphatic rings. The molecular weight excluding hydrogens is 275 g/mol. The van der Waals surface area contributed by atoms with Crippen molar-refractivity contribution >= 4 is 17.2 Å². The minimum atomic E-state index is -4.18. The number of thiocarbonyl (C=S) groups is 1. The summed E-state index contributed by atoms with van der Waals surface area (Å²) >= 11 is 4.81. The van der Waals surface area contributed by atoms with Crippen molar-refractivity contribution in [3.8, 4) is 0 Å². The molecule has 1 aromatic heterocycles. The van der Waals surface area contributed by atoms with Gasteiger partial charge in [-0.1, -0.05) is 12.2 Å². The molecule has 0 atom stereocenters. The van der Waals surface area contributed by atoms with Crippen molar-refractivity contribution < 1.29 is 13.2 Å². The lowest BCUT2D eigenvalue weighted by atomic mass is 10.2. The molecule has 7 heteroatoms. The molecule has 0 aromatic carbocycles. The minimum absolute atomic E-state index is 0.0306. The molecule has 1 aromatic rings. The lowest BCUT2D eigenvalue weighted by Gasteiger charge is -2.23. The lowest BCUT2D eigenvalue weighted by Crippen LogP contribution is -2.35. The molecule has 3 nitrogen and oxygen atoms in total. The molecule has 0 spiro atoms. The highest BCUT2D eigenvalue weighted by Gasteiger charge is 2.37. The Morgan fingerprint density at radius 2 is 2.16 bits per heavy atom. The highest BCUT2D eigenvalue weighted by atomic mass is 32.1. The Balaban J connectivity index is 2.08. The quantitative estimate of drug-likeness (QED) is 0.844. The predicted molar refractivity (Wildman–Crippen MR) is 69.6 cm³/mol. The first-order chi connectivity index (χ1) is 8.85. The van der Waals surface area contributed by atoms with Crippen LogP contribution in [0.1, 0.15) is 24.1 Å². The Bertz CT molecular complexity index is 472. The Kier molecular flexibility index (Phi) is 4.05. The second kappa shape index (κ2) is 5.42. The van der Waals surface area contributed by atoms with Gasteiger partial charge in [0.1, 0.15) is 4.99 Å². The van der Waals surface area contributed by atoms with Crippen LogP contribution in [0.25, 0.3) is 0 Å². The summed E-state index contributed by atoms with van der Waals surface area (Å²) in [5.74, 6) is 0. The Morgan fingerprint density at radius 1 is 1.47 bits per heavy atom. The van der Waals surface area contributed by atoms with Crippen molar-refractivity contribution in [1.82, 2.24) is 9.88 Å². The van der Waals surface area contributed by atoms with Gasteiger partial charge in [-0.2, -0.15) is 13.2 Å². The van der Waals surface area contributed by atoms with Gasteiger partial charge >= 0.3 is 6.18 Å². The van der Waals surface area contributed by atoms with E-state index < -0.39 is 12.7 Å². The van der Waals surface area contributed by atoms with Gasteiger partial charge in [0.25, 0.3) is 0 Å². The van der Waals surface area contributed by atoms with E-state index in [1.165, 1.54) is 11.1 Å². The van der Waals surface area contributed by atoms with Crippen molar-refractivity contribution in [3.05, 3.63) is 29.6 Å². The molecular formula is C12H14F3N3S. The van der Waals surface area contributed by atoms with Gasteiger partial charge < -0.3 is 5.73 Å². The molecule has 0 bridgehead atoms. The number of hydrogen-bond acceptors (Lipinski definition) is 3. The Morgan fingerprint density at radius 3 is 2.68 bits per heavy atom. The maximum absolute atomic E-state index is 12.5. The van der Waals surface area contributed by atoms with Crippen LogP contribution in [0.4, 0.5) is 13.2 Å². The van der Waals surface area contributed by atoms with Crippen molar-refractivity contribution in [2.24, 2.45) is 5.73 Å². The van der Waals surface area contributed by atoms with Crippen LogP contribution in [0, 0.1) is 0 Å². The number of nitrogens with zero attached hydrogens (tertiary/aromatic N) is 2. The number of hydrogen-bond donors (Lipinski definition) is 1. The first kappa shape index (κ1) is 14.2. The van der Waals surface area contributed by atoms with Crippen LogP contribution in [0.3, 0.4) is 0 Å². The molecule has 0 saturated heterocycles. The monoisotopic (exact) mass is 289 g/mol. The molecule has 104 valence electrons. The van der Waals surface area contributed by atoms with E-state index in [9.17, 15) is 13.2 Å². The zero-order chi connectivity index (χ0) is 14.0. The second-order valence-corrected chi connectivity index (χ2v) is 5.10. The number of pyridine rings is 1. The van der Waals surface area contributed by atoms with Gasteiger partial charge in [-0.15, -0.1) is 0 Å². The zero-order valence-electron chi connectivity index (χ0n) is 10.2. The highest BCUT2D eigenvalue weighted by molar-refractivity contribution is 7.80. The van der Waals surface area contributed by atoms with Crippen molar-refractivity contribution in [2.45, 2.75) is 31.6 Å².